The van der Waals surface area contributed by atoms with E-state index < -0.39 is 4.92 Å². The number of hydrogen-bond donors (Lipinski definition) is 1. The number of nitro benzene ring substituents is 1. The molecule has 1 aromatic heterocycles. The van der Waals surface area contributed by atoms with Gasteiger partial charge in [0.05, 0.1) is 21.6 Å². The van der Waals surface area contributed by atoms with Crippen LogP contribution in [0.2, 0.25) is 0 Å². The van der Waals surface area contributed by atoms with Crippen molar-refractivity contribution in [1.82, 2.24) is 4.57 Å². The molecule has 0 saturated heterocycles. The summed E-state index contributed by atoms with van der Waals surface area (Å²) in [5.74, 6) is -0.168. The summed E-state index contributed by atoms with van der Waals surface area (Å²) in [6.45, 7) is 0.733. The second-order valence-electron chi connectivity index (χ2n) is 6.33. The van der Waals surface area contributed by atoms with Gasteiger partial charge in [-0.3, -0.25) is 19.7 Å². The van der Waals surface area contributed by atoms with E-state index >= 15 is 0 Å². The van der Waals surface area contributed by atoms with Crippen molar-refractivity contribution in [3.63, 3.8) is 0 Å². The number of fused-ring (bicyclic) bond motifs is 5. The van der Waals surface area contributed by atoms with Gasteiger partial charge in [0.2, 0.25) is 0 Å². The maximum absolute atomic E-state index is 13.1. The molecule has 0 bridgehead atoms. The Labute approximate surface area is 167 Å². The van der Waals surface area contributed by atoms with Gasteiger partial charge in [0.25, 0.3) is 11.2 Å². The fourth-order valence-corrected chi connectivity index (χ4v) is 4.06. The fourth-order valence-electron chi connectivity index (χ4n) is 3.57. The lowest BCUT2D eigenvalue weighted by Crippen LogP contribution is -2.24. The average molecular weight is 475 g/mol. The second kappa shape index (κ2) is 6.54. The van der Waals surface area contributed by atoms with E-state index in [1.807, 2.05) is 12.1 Å². The number of non-ortho nitro benzene ring substituents is 1. The second-order valence-corrected chi connectivity index (χ2v) is 7.57. The number of rotatable bonds is 4. The molecule has 0 fully saturated rings. The molecular weight excluding hydrogens is 461 g/mol. The molecule has 0 amide bonds. The van der Waals surface area contributed by atoms with E-state index in [0.717, 1.165) is 3.57 Å². The molecular formula is C19H14IN3O4. The van der Waals surface area contributed by atoms with E-state index in [1.165, 1.54) is 22.8 Å². The summed E-state index contributed by atoms with van der Waals surface area (Å²) in [5, 5.41) is 11.8. The number of hydrogen-bond acceptors (Lipinski definition) is 5. The van der Waals surface area contributed by atoms with Crippen molar-refractivity contribution in [2.75, 3.05) is 6.54 Å². The molecule has 1 heterocycles. The Bertz CT molecular complexity index is 1200. The first kappa shape index (κ1) is 17.8. The normalized spacial score (nSPS) is 12.3. The summed E-state index contributed by atoms with van der Waals surface area (Å²) < 4.78 is 2.45. The Kier molecular flexibility index (Phi) is 4.31. The van der Waals surface area contributed by atoms with Crippen LogP contribution < -0.4 is 11.3 Å². The molecule has 7 nitrogen and oxygen atoms in total. The van der Waals surface area contributed by atoms with Crippen LogP contribution >= 0.6 is 22.6 Å². The molecule has 2 N–H and O–H groups in total. The number of nitro groups is 1. The maximum Gasteiger partial charge on any atom is 0.270 e. The standard InChI is InChI=1S/C19H14IN3O4/c20-10-2-4-13-14(8-10)18(24)16-12-5-3-11(23(26)27)9-15(12)19(25)22(17(13)16)7-1-6-21/h2-5,8-9H,1,6-7,21H2. The summed E-state index contributed by atoms with van der Waals surface area (Å²) in [7, 11) is 0. The lowest BCUT2D eigenvalue weighted by molar-refractivity contribution is -0.384. The third kappa shape index (κ3) is 2.67. The third-order valence-corrected chi connectivity index (χ3v) is 5.43. The van der Waals surface area contributed by atoms with Crippen molar-refractivity contribution in [1.29, 1.82) is 0 Å². The highest BCUT2D eigenvalue weighted by atomic mass is 127. The number of ketones is 1. The number of pyridine rings is 1. The van der Waals surface area contributed by atoms with E-state index in [0.29, 0.717) is 47.3 Å². The Balaban J connectivity index is 2.13. The van der Waals surface area contributed by atoms with Crippen LogP contribution in [0.1, 0.15) is 22.3 Å². The number of benzene rings is 2. The first-order valence-corrected chi connectivity index (χ1v) is 9.41. The minimum Gasteiger partial charge on any atom is -0.330 e. The van der Waals surface area contributed by atoms with E-state index in [4.69, 9.17) is 5.73 Å². The van der Waals surface area contributed by atoms with E-state index in [1.54, 1.807) is 6.07 Å². The van der Waals surface area contributed by atoms with Gasteiger partial charge in [0.15, 0.2) is 5.78 Å². The van der Waals surface area contributed by atoms with Gasteiger partial charge < -0.3 is 10.3 Å². The molecule has 136 valence electrons. The molecule has 4 rings (SSSR count). The maximum atomic E-state index is 13.1. The zero-order valence-corrected chi connectivity index (χ0v) is 16.2. The molecule has 2 aromatic carbocycles. The van der Waals surface area contributed by atoms with Crippen LogP contribution in [0.3, 0.4) is 0 Å². The van der Waals surface area contributed by atoms with Crippen molar-refractivity contribution >= 4 is 44.8 Å². The minimum absolute atomic E-state index is 0.168. The van der Waals surface area contributed by atoms with Gasteiger partial charge in [-0.1, -0.05) is 6.07 Å². The van der Waals surface area contributed by atoms with Crippen molar-refractivity contribution in [2.45, 2.75) is 13.0 Å². The lowest BCUT2D eigenvalue weighted by Gasteiger charge is -2.14. The summed E-state index contributed by atoms with van der Waals surface area (Å²) in [6.07, 6.45) is 0.556. The Morgan fingerprint density at radius 2 is 1.85 bits per heavy atom. The number of carbonyl (C=O) groups excluding carboxylic acids is 1. The number of aromatic nitrogens is 1. The Hall–Kier alpha value is -2.59. The number of carbonyl (C=O) groups is 1. The molecule has 1 aliphatic carbocycles. The van der Waals surface area contributed by atoms with E-state index in [-0.39, 0.29) is 22.4 Å². The van der Waals surface area contributed by atoms with Gasteiger partial charge in [-0.05, 0) is 53.8 Å². The van der Waals surface area contributed by atoms with Gasteiger partial charge in [-0.2, -0.15) is 0 Å². The quantitative estimate of drug-likeness (QED) is 0.277. The van der Waals surface area contributed by atoms with Crippen molar-refractivity contribution in [2.24, 2.45) is 5.73 Å². The van der Waals surface area contributed by atoms with Crippen molar-refractivity contribution < 1.29 is 9.72 Å². The highest BCUT2D eigenvalue weighted by Gasteiger charge is 2.33. The van der Waals surface area contributed by atoms with Crippen molar-refractivity contribution in [3.8, 4) is 11.3 Å². The van der Waals surface area contributed by atoms with Crippen LogP contribution in [0.5, 0.6) is 0 Å². The first-order chi connectivity index (χ1) is 12.9. The molecule has 0 spiro atoms. The molecule has 0 unspecified atom stereocenters. The van der Waals surface area contributed by atoms with Gasteiger partial charge >= 0.3 is 0 Å². The zero-order chi connectivity index (χ0) is 19.3. The summed E-state index contributed by atoms with van der Waals surface area (Å²) in [6, 6.07) is 9.60. The average Bonchev–Trinajstić information content (AvgIpc) is 2.93. The predicted octanol–water partition coefficient (Wildman–Crippen LogP) is 3.07. The zero-order valence-electron chi connectivity index (χ0n) is 14.1. The van der Waals surface area contributed by atoms with Crippen LogP contribution in [-0.4, -0.2) is 21.8 Å². The van der Waals surface area contributed by atoms with Crippen LogP contribution in [0.25, 0.3) is 22.0 Å². The summed E-state index contributed by atoms with van der Waals surface area (Å²) >= 11 is 2.14. The van der Waals surface area contributed by atoms with Crippen LogP contribution in [0.4, 0.5) is 5.69 Å². The number of halogens is 1. The number of nitrogens with zero attached hydrogens (tertiary/aromatic N) is 2. The molecule has 8 heteroatoms. The Morgan fingerprint density at radius 1 is 1.07 bits per heavy atom. The van der Waals surface area contributed by atoms with Crippen LogP contribution in [0.15, 0.2) is 41.2 Å². The highest BCUT2D eigenvalue weighted by molar-refractivity contribution is 14.1. The topological polar surface area (TPSA) is 108 Å². The third-order valence-electron chi connectivity index (χ3n) is 4.76. The molecule has 0 radical (unpaired) electrons. The van der Waals surface area contributed by atoms with Crippen LogP contribution in [-0.2, 0) is 6.54 Å². The van der Waals surface area contributed by atoms with Crippen molar-refractivity contribution in [3.05, 3.63) is 71.6 Å². The number of nitrogens with two attached hydrogens (primary N) is 1. The Morgan fingerprint density at radius 3 is 2.56 bits per heavy atom. The van der Waals surface area contributed by atoms with Gasteiger partial charge in [-0.15, -0.1) is 0 Å². The smallest absolute Gasteiger partial charge is 0.270 e. The van der Waals surface area contributed by atoms with Gasteiger partial charge in [0, 0.05) is 38.8 Å². The van der Waals surface area contributed by atoms with Crippen LogP contribution in [0, 0.1) is 13.7 Å². The molecule has 1 aliphatic rings. The largest absolute Gasteiger partial charge is 0.330 e. The molecule has 0 atom stereocenters. The minimum atomic E-state index is -0.546. The first-order valence-electron chi connectivity index (χ1n) is 8.33. The van der Waals surface area contributed by atoms with E-state index in [9.17, 15) is 19.7 Å². The molecule has 0 saturated carbocycles. The molecule has 0 aliphatic heterocycles. The predicted molar refractivity (Wildman–Crippen MR) is 110 cm³/mol. The lowest BCUT2D eigenvalue weighted by atomic mass is 10.0. The molecule has 27 heavy (non-hydrogen) atoms. The summed E-state index contributed by atoms with van der Waals surface area (Å²) in [5.41, 5.74) is 7.35. The van der Waals surface area contributed by atoms with E-state index in [2.05, 4.69) is 22.6 Å². The fraction of sp³-hybridized carbons (Fsp3) is 0.158. The monoisotopic (exact) mass is 475 g/mol. The van der Waals surface area contributed by atoms with Gasteiger partial charge in [0.1, 0.15) is 0 Å². The summed E-state index contributed by atoms with van der Waals surface area (Å²) in [4.78, 5) is 36.9. The SMILES string of the molecule is NCCCn1c2c(c3ccc([N+](=O)[O-])cc3c1=O)C(=O)c1cc(I)ccc1-2. The molecule has 3 aromatic rings. The highest BCUT2D eigenvalue weighted by Crippen LogP contribution is 2.40. The van der Waals surface area contributed by atoms with Gasteiger partial charge in [-0.25, -0.2) is 0 Å².